The van der Waals surface area contributed by atoms with Crippen molar-refractivity contribution in [2.24, 2.45) is 5.92 Å². The number of alkyl halides is 3. The quantitative estimate of drug-likeness (QED) is 0.186. The van der Waals surface area contributed by atoms with E-state index in [-0.39, 0.29) is 12.4 Å². The second-order valence-electron chi connectivity index (χ2n) is 10.7. The van der Waals surface area contributed by atoms with E-state index < -0.39 is 17.6 Å². The molecule has 1 aliphatic heterocycles. The number of hydrogen-bond donors (Lipinski definition) is 1. The maximum Gasteiger partial charge on any atom is 0.417 e. The molecule has 0 saturated carbocycles. The third-order valence-electron chi connectivity index (χ3n) is 7.54. The summed E-state index contributed by atoms with van der Waals surface area (Å²) in [6.45, 7) is 5.41. The summed E-state index contributed by atoms with van der Waals surface area (Å²) in [6.07, 6.45) is -1.64. The van der Waals surface area contributed by atoms with E-state index >= 15 is 0 Å². The number of hydrogen-bond acceptors (Lipinski definition) is 4. The standard InChI is InChI=1S/C30H25F4N5O/c1-16(2)15-40-24-5-3-4-19-25-20(7-6-17-8-10-35-26(17)25)27-21-14-38(11-9-23(21)37-39(27)28(19)24)29-22(31)12-18(13-36-29)30(32,33)34/h3-8,10,12-13,16,37H,9,11,14-15H2,1-2H3. The molecule has 6 aromatic rings. The lowest BCUT2D eigenvalue weighted by Gasteiger charge is -2.28. The summed E-state index contributed by atoms with van der Waals surface area (Å²) >= 11 is 0. The van der Waals surface area contributed by atoms with Crippen molar-refractivity contribution in [3.8, 4) is 5.75 Å². The lowest BCUT2D eigenvalue weighted by Crippen LogP contribution is -2.31. The van der Waals surface area contributed by atoms with Gasteiger partial charge in [-0.15, -0.1) is 0 Å². The van der Waals surface area contributed by atoms with E-state index in [4.69, 9.17) is 4.74 Å². The maximum absolute atomic E-state index is 14.9. The van der Waals surface area contributed by atoms with Gasteiger partial charge < -0.3 is 9.64 Å². The molecule has 0 amide bonds. The van der Waals surface area contributed by atoms with Crippen molar-refractivity contribution in [1.29, 1.82) is 0 Å². The Morgan fingerprint density at radius 3 is 2.65 bits per heavy atom. The highest BCUT2D eigenvalue weighted by Gasteiger charge is 2.33. The van der Waals surface area contributed by atoms with E-state index in [9.17, 15) is 17.6 Å². The maximum atomic E-state index is 14.9. The molecule has 7 rings (SSSR count). The van der Waals surface area contributed by atoms with Crippen LogP contribution in [0.5, 0.6) is 5.75 Å². The molecule has 4 aromatic heterocycles. The summed E-state index contributed by atoms with van der Waals surface area (Å²) in [5, 5.41) is 7.54. The number of para-hydroxylation sites is 1. The number of aromatic nitrogens is 4. The lowest BCUT2D eigenvalue weighted by molar-refractivity contribution is -0.138. The Kier molecular flexibility index (Phi) is 5.45. The van der Waals surface area contributed by atoms with Gasteiger partial charge in [-0.25, -0.2) is 9.37 Å². The van der Waals surface area contributed by atoms with Crippen molar-refractivity contribution >= 4 is 43.9 Å². The number of halogens is 4. The minimum Gasteiger partial charge on any atom is -0.491 e. The van der Waals surface area contributed by atoms with Crippen molar-refractivity contribution in [2.45, 2.75) is 33.0 Å². The molecule has 0 saturated heterocycles. The van der Waals surface area contributed by atoms with Gasteiger partial charge >= 0.3 is 6.18 Å². The lowest BCUT2D eigenvalue weighted by atomic mass is 9.98. The summed E-state index contributed by atoms with van der Waals surface area (Å²) < 4.78 is 62.6. The van der Waals surface area contributed by atoms with Crippen LogP contribution in [0.1, 0.15) is 30.7 Å². The number of rotatable bonds is 4. The van der Waals surface area contributed by atoms with Crippen molar-refractivity contribution in [3.05, 3.63) is 77.5 Å². The van der Waals surface area contributed by atoms with Crippen LogP contribution < -0.4 is 9.64 Å². The highest BCUT2D eigenvalue weighted by Crippen LogP contribution is 2.41. The molecule has 2 aromatic carbocycles. The summed E-state index contributed by atoms with van der Waals surface area (Å²) in [5.74, 6) is -0.0222. The van der Waals surface area contributed by atoms with Crippen LogP contribution in [-0.4, -0.2) is 32.7 Å². The molecule has 1 aliphatic rings. The van der Waals surface area contributed by atoms with Crippen LogP contribution in [0, 0.1) is 11.7 Å². The smallest absolute Gasteiger partial charge is 0.417 e. The molecule has 1 N–H and O–H groups in total. The minimum absolute atomic E-state index is 0.0934. The molecule has 0 atom stereocenters. The Labute approximate surface area is 226 Å². The number of H-pyrrole nitrogens is 1. The van der Waals surface area contributed by atoms with Crippen LogP contribution >= 0.6 is 0 Å². The van der Waals surface area contributed by atoms with E-state index in [1.807, 2.05) is 28.8 Å². The van der Waals surface area contributed by atoms with Gasteiger partial charge in [0.1, 0.15) is 11.3 Å². The molecule has 204 valence electrons. The average Bonchev–Trinajstić information content (AvgIpc) is 3.55. The van der Waals surface area contributed by atoms with Gasteiger partial charge in [-0.1, -0.05) is 38.1 Å². The molecule has 0 bridgehead atoms. The van der Waals surface area contributed by atoms with Gasteiger partial charge in [-0.2, -0.15) is 13.2 Å². The molecule has 40 heavy (non-hydrogen) atoms. The van der Waals surface area contributed by atoms with Crippen molar-refractivity contribution < 1.29 is 22.3 Å². The topological polar surface area (TPSA) is 58.4 Å². The fourth-order valence-corrected chi connectivity index (χ4v) is 5.75. The van der Waals surface area contributed by atoms with Crippen LogP contribution in [0.3, 0.4) is 0 Å². The Morgan fingerprint density at radius 2 is 1.88 bits per heavy atom. The zero-order chi connectivity index (χ0) is 27.8. The molecular formula is C30H25F4N5O. The predicted molar refractivity (Wildman–Crippen MR) is 146 cm³/mol. The minimum atomic E-state index is -4.66. The zero-order valence-corrected chi connectivity index (χ0v) is 21.8. The second-order valence-corrected chi connectivity index (χ2v) is 10.7. The van der Waals surface area contributed by atoms with Gasteiger partial charge in [-0.05, 0) is 24.1 Å². The predicted octanol–water partition coefficient (Wildman–Crippen LogP) is 7.27. The molecule has 0 unspecified atom stereocenters. The van der Waals surface area contributed by atoms with E-state index in [0.717, 1.165) is 55.1 Å². The molecule has 5 heterocycles. The van der Waals surface area contributed by atoms with Crippen LogP contribution in [0.25, 0.3) is 38.1 Å². The summed E-state index contributed by atoms with van der Waals surface area (Å²) in [6, 6.07) is 12.6. The summed E-state index contributed by atoms with van der Waals surface area (Å²) in [5.41, 5.74) is 3.46. The molecule has 0 fully saturated rings. The van der Waals surface area contributed by atoms with Gasteiger partial charge in [0.05, 0.1) is 23.2 Å². The first kappa shape index (κ1) is 24.7. The Hall–Kier alpha value is -4.34. The average molecular weight is 548 g/mol. The van der Waals surface area contributed by atoms with Gasteiger partial charge in [-0.3, -0.25) is 14.6 Å². The Bertz CT molecular complexity index is 1940. The molecule has 0 spiro atoms. The number of nitrogens with one attached hydrogen (secondary N) is 1. The Morgan fingerprint density at radius 1 is 1.05 bits per heavy atom. The molecule has 0 aliphatic carbocycles. The number of aromatic amines is 1. The van der Waals surface area contributed by atoms with E-state index in [1.165, 1.54) is 0 Å². The largest absolute Gasteiger partial charge is 0.491 e. The van der Waals surface area contributed by atoms with Gasteiger partial charge in [0.2, 0.25) is 0 Å². The van der Waals surface area contributed by atoms with Crippen LogP contribution in [0.2, 0.25) is 0 Å². The molecule has 6 nitrogen and oxygen atoms in total. The second kappa shape index (κ2) is 8.84. The van der Waals surface area contributed by atoms with E-state index in [2.05, 4.69) is 41.0 Å². The van der Waals surface area contributed by atoms with Crippen molar-refractivity contribution in [2.75, 3.05) is 18.1 Å². The third kappa shape index (κ3) is 3.76. The van der Waals surface area contributed by atoms with Crippen molar-refractivity contribution in [3.63, 3.8) is 0 Å². The third-order valence-corrected chi connectivity index (χ3v) is 7.54. The number of anilines is 1. The summed E-state index contributed by atoms with van der Waals surface area (Å²) in [4.78, 5) is 10.3. The first-order valence-corrected chi connectivity index (χ1v) is 13.2. The van der Waals surface area contributed by atoms with Gasteiger partial charge in [0, 0.05) is 64.7 Å². The number of ether oxygens (including phenoxy) is 1. The number of nitrogens with zero attached hydrogens (tertiary/aromatic N) is 4. The fraction of sp³-hybridized carbons (Fsp3) is 0.267. The van der Waals surface area contributed by atoms with E-state index in [0.29, 0.717) is 37.8 Å². The molecular weight excluding hydrogens is 522 g/mol. The first-order valence-electron chi connectivity index (χ1n) is 13.2. The molecule has 10 heteroatoms. The first-order chi connectivity index (χ1) is 19.2. The number of pyridine rings is 2. The highest BCUT2D eigenvalue weighted by atomic mass is 19.4. The van der Waals surface area contributed by atoms with Gasteiger partial charge in [0.15, 0.2) is 11.6 Å². The number of fused-ring (bicyclic) bond motifs is 10. The number of benzene rings is 2. The monoisotopic (exact) mass is 547 g/mol. The van der Waals surface area contributed by atoms with Crippen LogP contribution in [-0.2, 0) is 19.1 Å². The SMILES string of the molecule is CC(C)COc1cccc2c3c(ccc4ccnc43)c3c4c([nH]n3c12)CCN(c1ncc(C(F)(F)F)cc1F)C4. The summed E-state index contributed by atoms with van der Waals surface area (Å²) in [7, 11) is 0. The van der Waals surface area contributed by atoms with E-state index in [1.54, 1.807) is 11.1 Å². The zero-order valence-electron chi connectivity index (χ0n) is 21.8. The Balaban J connectivity index is 1.47. The van der Waals surface area contributed by atoms with Crippen LogP contribution in [0.4, 0.5) is 23.4 Å². The molecule has 0 radical (unpaired) electrons. The van der Waals surface area contributed by atoms with Gasteiger partial charge in [0.25, 0.3) is 0 Å². The fourth-order valence-electron chi connectivity index (χ4n) is 5.75. The van der Waals surface area contributed by atoms with Crippen LogP contribution in [0.15, 0.2) is 54.9 Å². The van der Waals surface area contributed by atoms with Crippen molar-refractivity contribution in [1.82, 2.24) is 19.6 Å². The highest BCUT2D eigenvalue weighted by molar-refractivity contribution is 6.23. The normalized spacial score (nSPS) is 14.2.